The van der Waals surface area contributed by atoms with Crippen molar-refractivity contribution in [2.24, 2.45) is 5.73 Å². The van der Waals surface area contributed by atoms with E-state index in [1.807, 2.05) is 0 Å². The van der Waals surface area contributed by atoms with Gasteiger partial charge in [-0.15, -0.1) is 6.58 Å². The van der Waals surface area contributed by atoms with Gasteiger partial charge in [0.1, 0.15) is 0 Å². The second-order valence-electron chi connectivity index (χ2n) is 2.58. The van der Waals surface area contributed by atoms with Crippen LogP contribution in [0.15, 0.2) is 12.7 Å². The first kappa shape index (κ1) is 12.1. The summed E-state index contributed by atoms with van der Waals surface area (Å²) in [5, 5.41) is 2.69. The fourth-order valence-electron chi connectivity index (χ4n) is 0.751. The van der Waals surface area contributed by atoms with E-state index in [1.54, 1.807) is 6.08 Å². The molecule has 0 bridgehead atoms. The standard InChI is InChI=1S/C9H18N2O2/c1-2-3-7-13-8-6-11-9(12)4-5-10/h2H,1,3-8,10H2,(H,11,12). The Morgan fingerprint density at radius 3 is 2.92 bits per heavy atom. The first-order valence-corrected chi connectivity index (χ1v) is 4.46. The van der Waals surface area contributed by atoms with Crippen LogP contribution in [0.5, 0.6) is 0 Å². The minimum atomic E-state index is -0.0187. The van der Waals surface area contributed by atoms with Crippen LogP contribution >= 0.6 is 0 Å². The number of hydrogen-bond acceptors (Lipinski definition) is 3. The molecule has 0 radical (unpaired) electrons. The van der Waals surface area contributed by atoms with Gasteiger partial charge in [-0.3, -0.25) is 4.79 Å². The molecule has 0 heterocycles. The largest absolute Gasteiger partial charge is 0.379 e. The summed E-state index contributed by atoms with van der Waals surface area (Å²) in [7, 11) is 0. The Morgan fingerprint density at radius 1 is 1.54 bits per heavy atom. The van der Waals surface area contributed by atoms with Gasteiger partial charge >= 0.3 is 0 Å². The van der Waals surface area contributed by atoms with E-state index < -0.39 is 0 Å². The average molecular weight is 186 g/mol. The zero-order valence-corrected chi connectivity index (χ0v) is 7.92. The van der Waals surface area contributed by atoms with Crippen LogP contribution in [0.1, 0.15) is 12.8 Å². The van der Waals surface area contributed by atoms with Crippen LogP contribution in [0.3, 0.4) is 0 Å². The summed E-state index contributed by atoms with van der Waals surface area (Å²) in [6.07, 6.45) is 3.02. The van der Waals surface area contributed by atoms with E-state index in [2.05, 4.69) is 11.9 Å². The van der Waals surface area contributed by atoms with Gasteiger partial charge < -0.3 is 15.8 Å². The van der Waals surface area contributed by atoms with Gasteiger partial charge in [0.25, 0.3) is 0 Å². The molecule has 0 aliphatic rings. The second-order valence-corrected chi connectivity index (χ2v) is 2.58. The van der Waals surface area contributed by atoms with Crippen molar-refractivity contribution >= 4 is 5.91 Å². The van der Waals surface area contributed by atoms with Crippen molar-refractivity contribution in [3.05, 3.63) is 12.7 Å². The number of carbonyl (C=O) groups excluding carboxylic acids is 1. The predicted molar refractivity (Wildman–Crippen MR) is 52.3 cm³/mol. The Kier molecular flexibility index (Phi) is 8.60. The second kappa shape index (κ2) is 9.22. The van der Waals surface area contributed by atoms with Gasteiger partial charge in [-0.2, -0.15) is 0 Å². The highest BCUT2D eigenvalue weighted by molar-refractivity contribution is 5.75. The summed E-state index contributed by atoms with van der Waals surface area (Å²) in [5.74, 6) is -0.0187. The molecule has 0 saturated heterocycles. The average Bonchev–Trinajstić information content (AvgIpc) is 2.11. The molecule has 0 unspecified atom stereocenters. The summed E-state index contributed by atoms with van der Waals surface area (Å²) >= 11 is 0. The third-order valence-electron chi connectivity index (χ3n) is 1.41. The molecule has 0 aliphatic carbocycles. The van der Waals surface area contributed by atoms with Crippen LogP contribution in [0.4, 0.5) is 0 Å². The molecule has 0 spiro atoms. The molecular formula is C9H18N2O2. The van der Waals surface area contributed by atoms with Gasteiger partial charge in [-0.05, 0) is 6.42 Å². The van der Waals surface area contributed by atoms with Crippen molar-refractivity contribution in [2.75, 3.05) is 26.3 Å². The molecular weight excluding hydrogens is 168 g/mol. The highest BCUT2D eigenvalue weighted by Gasteiger charge is 1.96. The number of ether oxygens (including phenoxy) is 1. The number of rotatable bonds is 8. The lowest BCUT2D eigenvalue weighted by Gasteiger charge is -2.04. The topological polar surface area (TPSA) is 64.3 Å². The molecule has 4 heteroatoms. The van der Waals surface area contributed by atoms with Crippen molar-refractivity contribution in [1.29, 1.82) is 0 Å². The molecule has 4 nitrogen and oxygen atoms in total. The lowest BCUT2D eigenvalue weighted by Crippen LogP contribution is -2.28. The van der Waals surface area contributed by atoms with Crippen molar-refractivity contribution < 1.29 is 9.53 Å². The van der Waals surface area contributed by atoms with Gasteiger partial charge in [-0.1, -0.05) is 6.08 Å². The zero-order chi connectivity index (χ0) is 9.94. The number of carbonyl (C=O) groups is 1. The Labute approximate surface area is 79.1 Å². The molecule has 0 aliphatic heterocycles. The first-order chi connectivity index (χ1) is 6.31. The summed E-state index contributed by atoms with van der Waals surface area (Å²) in [6.45, 7) is 5.72. The lowest BCUT2D eigenvalue weighted by molar-refractivity contribution is -0.121. The highest BCUT2D eigenvalue weighted by Crippen LogP contribution is 1.82. The minimum Gasteiger partial charge on any atom is -0.379 e. The van der Waals surface area contributed by atoms with E-state index in [0.29, 0.717) is 32.7 Å². The van der Waals surface area contributed by atoms with Gasteiger partial charge in [0.15, 0.2) is 0 Å². The monoisotopic (exact) mass is 186 g/mol. The summed E-state index contributed by atoms with van der Waals surface area (Å²) < 4.78 is 5.19. The SMILES string of the molecule is C=CCCOCCNC(=O)CCN. The minimum absolute atomic E-state index is 0.0187. The molecule has 0 atom stereocenters. The molecule has 0 rings (SSSR count). The van der Waals surface area contributed by atoms with Gasteiger partial charge in [0.05, 0.1) is 13.2 Å². The van der Waals surface area contributed by atoms with Crippen LogP contribution in [0, 0.1) is 0 Å². The molecule has 76 valence electrons. The Balaban J connectivity index is 3.06. The Hall–Kier alpha value is -0.870. The number of nitrogens with one attached hydrogen (secondary N) is 1. The number of hydrogen-bond donors (Lipinski definition) is 2. The zero-order valence-electron chi connectivity index (χ0n) is 7.92. The van der Waals surface area contributed by atoms with Gasteiger partial charge in [0.2, 0.25) is 5.91 Å². The van der Waals surface area contributed by atoms with Crippen LogP contribution in [0.2, 0.25) is 0 Å². The van der Waals surface area contributed by atoms with Crippen LogP contribution in [-0.4, -0.2) is 32.2 Å². The van der Waals surface area contributed by atoms with Crippen molar-refractivity contribution in [2.45, 2.75) is 12.8 Å². The van der Waals surface area contributed by atoms with E-state index in [-0.39, 0.29) is 5.91 Å². The van der Waals surface area contributed by atoms with E-state index in [4.69, 9.17) is 10.5 Å². The quantitative estimate of drug-likeness (QED) is 0.415. The first-order valence-electron chi connectivity index (χ1n) is 4.46. The van der Waals surface area contributed by atoms with Crippen LogP contribution in [0.25, 0.3) is 0 Å². The third-order valence-corrected chi connectivity index (χ3v) is 1.41. The summed E-state index contributed by atoms with van der Waals surface area (Å²) in [5.41, 5.74) is 5.20. The maximum Gasteiger partial charge on any atom is 0.221 e. The van der Waals surface area contributed by atoms with Crippen molar-refractivity contribution in [3.8, 4) is 0 Å². The third kappa shape index (κ3) is 9.04. The number of amides is 1. The van der Waals surface area contributed by atoms with E-state index in [1.165, 1.54) is 0 Å². The molecule has 13 heavy (non-hydrogen) atoms. The van der Waals surface area contributed by atoms with Crippen molar-refractivity contribution in [1.82, 2.24) is 5.32 Å². The molecule has 0 aromatic carbocycles. The van der Waals surface area contributed by atoms with Gasteiger partial charge in [-0.25, -0.2) is 0 Å². The molecule has 0 aromatic rings. The number of nitrogens with two attached hydrogens (primary N) is 1. The highest BCUT2D eigenvalue weighted by atomic mass is 16.5. The smallest absolute Gasteiger partial charge is 0.221 e. The maximum atomic E-state index is 10.9. The van der Waals surface area contributed by atoms with E-state index >= 15 is 0 Å². The van der Waals surface area contributed by atoms with E-state index in [9.17, 15) is 4.79 Å². The Bertz CT molecular complexity index is 149. The Morgan fingerprint density at radius 2 is 2.31 bits per heavy atom. The fourth-order valence-corrected chi connectivity index (χ4v) is 0.751. The summed E-state index contributed by atoms with van der Waals surface area (Å²) in [4.78, 5) is 10.9. The van der Waals surface area contributed by atoms with Crippen molar-refractivity contribution in [3.63, 3.8) is 0 Å². The molecule has 3 N–H and O–H groups in total. The fraction of sp³-hybridized carbons (Fsp3) is 0.667. The van der Waals surface area contributed by atoms with Crippen LogP contribution < -0.4 is 11.1 Å². The van der Waals surface area contributed by atoms with Crippen LogP contribution in [-0.2, 0) is 9.53 Å². The molecule has 1 amide bonds. The predicted octanol–water partition coefficient (Wildman–Crippen LogP) is 0.0441. The molecule has 0 saturated carbocycles. The lowest BCUT2D eigenvalue weighted by atomic mass is 10.4. The normalized spacial score (nSPS) is 9.62. The molecule has 0 fully saturated rings. The molecule has 0 aromatic heterocycles. The summed E-state index contributed by atoms with van der Waals surface area (Å²) in [6, 6.07) is 0. The maximum absolute atomic E-state index is 10.9. The van der Waals surface area contributed by atoms with E-state index in [0.717, 1.165) is 6.42 Å². The van der Waals surface area contributed by atoms with Gasteiger partial charge in [0, 0.05) is 19.5 Å².